The number of anilines is 1. The highest BCUT2D eigenvalue weighted by Crippen LogP contribution is 2.43. The van der Waals surface area contributed by atoms with E-state index in [2.05, 4.69) is 21.2 Å². The molecule has 8 heteroatoms. The molecule has 0 spiro atoms. The van der Waals surface area contributed by atoms with E-state index in [0.717, 1.165) is 10.0 Å². The minimum absolute atomic E-state index is 0.0385. The van der Waals surface area contributed by atoms with Crippen molar-refractivity contribution in [2.45, 2.75) is 18.0 Å². The molecule has 2 aliphatic rings. The van der Waals surface area contributed by atoms with E-state index in [1.807, 2.05) is 24.3 Å². The lowest BCUT2D eigenvalue weighted by molar-refractivity contribution is -0.159. The van der Waals surface area contributed by atoms with E-state index in [1.54, 1.807) is 4.90 Å². The number of piperazine rings is 1. The first kappa shape index (κ1) is 18.9. The molecule has 2 aromatic carbocycles. The Labute approximate surface area is 170 Å². The molecule has 28 heavy (non-hydrogen) atoms. The number of hydrogen-bond acceptors (Lipinski definition) is 3. The summed E-state index contributed by atoms with van der Waals surface area (Å²) in [6, 6.07) is 12.4. The van der Waals surface area contributed by atoms with E-state index in [-0.39, 0.29) is 42.9 Å². The predicted molar refractivity (Wildman–Crippen MR) is 105 cm³/mol. The van der Waals surface area contributed by atoms with Crippen LogP contribution in [0.2, 0.25) is 0 Å². The molecule has 2 saturated heterocycles. The SMILES string of the molecule is O=C(Nc1ccc(F)cc1)N1CC(=O)N2[C@@H](CO)[C@@H](c3ccc(Br)cc3)[C@@H]2C1. The summed E-state index contributed by atoms with van der Waals surface area (Å²) in [5.41, 5.74) is 1.49. The number of halogens is 2. The van der Waals surface area contributed by atoms with Crippen LogP contribution < -0.4 is 5.32 Å². The number of aliphatic hydroxyl groups excluding tert-OH is 1. The maximum atomic E-state index is 13.0. The number of nitrogens with one attached hydrogen (secondary N) is 1. The van der Waals surface area contributed by atoms with Gasteiger partial charge in [0.25, 0.3) is 0 Å². The molecular weight excluding hydrogens is 429 g/mol. The Morgan fingerprint density at radius 1 is 1.18 bits per heavy atom. The van der Waals surface area contributed by atoms with Crippen LogP contribution in [0, 0.1) is 5.82 Å². The number of carbonyl (C=O) groups is 2. The molecule has 2 fully saturated rings. The normalized spacial score (nSPS) is 23.8. The number of benzene rings is 2. The van der Waals surface area contributed by atoms with Crippen molar-refractivity contribution in [1.29, 1.82) is 0 Å². The van der Waals surface area contributed by atoms with Crippen molar-refractivity contribution >= 4 is 33.6 Å². The Kier molecular flexibility index (Phi) is 5.07. The minimum atomic E-state index is -0.401. The fourth-order valence-corrected chi connectivity index (χ4v) is 4.34. The maximum Gasteiger partial charge on any atom is 0.322 e. The van der Waals surface area contributed by atoms with Gasteiger partial charge in [0.05, 0.1) is 18.7 Å². The van der Waals surface area contributed by atoms with Gasteiger partial charge in [0, 0.05) is 22.6 Å². The molecule has 2 N–H and O–H groups in total. The number of nitrogens with zero attached hydrogens (tertiary/aromatic N) is 2. The van der Waals surface area contributed by atoms with Crippen molar-refractivity contribution in [2.75, 3.05) is 25.0 Å². The monoisotopic (exact) mass is 447 g/mol. The van der Waals surface area contributed by atoms with E-state index < -0.39 is 6.03 Å². The summed E-state index contributed by atoms with van der Waals surface area (Å²) in [7, 11) is 0. The number of aliphatic hydroxyl groups is 1. The van der Waals surface area contributed by atoms with Gasteiger partial charge < -0.3 is 20.2 Å². The zero-order valence-electron chi connectivity index (χ0n) is 14.9. The van der Waals surface area contributed by atoms with Crippen molar-refractivity contribution in [3.63, 3.8) is 0 Å². The quantitative estimate of drug-likeness (QED) is 0.759. The lowest BCUT2D eigenvalue weighted by Crippen LogP contribution is -2.73. The highest BCUT2D eigenvalue weighted by Gasteiger charge is 2.54. The molecule has 0 aromatic heterocycles. The summed E-state index contributed by atoms with van der Waals surface area (Å²) in [6.07, 6.45) is 0. The molecule has 0 aliphatic carbocycles. The van der Waals surface area contributed by atoms with Crippen LogP contribution in [0.5, 0.6) is 0 Å². The van der Waals surface area contributed by atoms with Crippen LogP contribution in [-0.4, -0.2) is 58.6 Å². The van der Waals surface area contributed by atoms with Crippen LogP contribution in [-0.2, 0) is 4.79 Å². The summed E-state index contributed by atoms with van der Waals surface area (Å²) in [6.45, 7) is 0.202. The molecule has 6 nitrogen and oxygen atoms in total. The van der Waals surface area contributed by atoms with Crippen LogP contribution in [0.4, 0.5) is 14.9 Å². The Morgan fingerprint density at radius 3 is 2.50 bits per heavy atom. The van der Waals surface area contributed by atoms with Gasteiger partial charge in [-0.3, -0.25) is 4.79 Å². The van der Waals surface area contributed by atoms with E-state index in [1.165, 1.54) is 29.2 Å². The number of amides is 3. The van der Waals surface area contributed by atoms with Gasteiger partial charge in [-0.15, -0.1) is 0 Å². The highest BCUT2D eigenvalue weighted by molar-refractivity contribution is 9.10. The van der Waals surface area contributed by atoms with Gasteiger partial charge >= 0.3 is 6.03 Å². The molecule has 4 rings (SSSR count). The van der Waals surface area contributed by atoms with Crippen molar-refractivity contribution in [3.05, 3.63) is 64.4 Å². The Bertz CT molecular complexity index is 891. The Hall–Kier alpha value is -2.45. The topological polar surface area (TPSA) is 72.9 Å². The fraction of sp³-hybridized carbons (Fsp3) is 0.300. The van der Waals surface area contributed by atoms with Gasteiger partial charge in [-0.25, -0.2) is 9.18 Å². The minimum Gasteiger partial charge on any atom is -0.394 e. The van der Waals surface area contributed by atoms with E-state index in [9.17, 15) is 19.1 Å². The van der Waals surface area contributed by atoms with Crippen molar-refractivity contribution < 1.29 is 19.1 Å². The molecule has 0 radical (unpaired) electrons. The number of fused-ring (bicyclic) bond motifs is 1. The summed E-state index contributed by atoms with van der Waals surface area (Å²) in [5.74, 6) is -0.606. The summed E-state index contributed by atoms with van der Waals surface area (Å²) >= 11 is 3.41. The number of urea groups is 1. The Balaban J connectivity index is 1.51. The summed E-state index contributed by atoms with van der Waals surface area (Å²) in [5, 5.41) is 12.5. The van der Waals surface area contributed by atoms with Crippen LogP contribution in [0.15, 0.2) is 53.0 Å². The first-order valence-corrected chi connectivity index (χ1v) is 9.76. The lowest BCUT2D eigenvalue weighted by atomic mass is 9.74. The first-order chi connectivity index (χ1) is 13.5. The molecule has 146 valence electrons. The third-order valence-corrected chi connectivity index (χ3v) is 5.92. The summed E-state index contributed by atoms with van der Waals surface area (Å²) in [4.78, 5) is 28.4. The van der Waals surface area contributed by atoms with E-state index >= 15 is 0 Å². The highest BCUT2D eigenvalue weighted by atomic mass is 79.9. The zero-order chi connectivity index (χ0) is 19.8. The largest absolute Gasteiger partial charge is 0.394 e. The van der Waals surface area contributed by atoms with Crippen LogP contribution in [0.1, 0.15) is 11.5 Å². The lowest BCUT2D eigenvalue weighted by Gasteiger charge is -2.58. The van der Waals surface area contributed by atoms with Gasteiger partial charge in [-0.1, -0.05) is 28.1 Å². The molecule has 0 bridgehead atoms. The standard InChI is InChI=1S/C20H19BrFN3O3/c21-13-3-1-12(2-4-13)19-16-9-24(10-18(27)25(16)17(19)11-26)20(28)23-15-7-5-14(22)6-8-15/h1-8,16-17,19,26H,9-11H2,(H,23,28)/t16-,17-,19-/m0/s1. The Morgan fingerprint density at radius 2 is 1.86 bits per heavy atom. The second kappa shape index (κ2) is 7.52. The van der Waals surface area contributed by atoms with E-state index in [4.69, 9.17) is 0 Å². The molecule has 0 unspecified atom stereocenters. The maximum absolute atomic E-state index is 13.0. The van der Waals surface area contributed by atoms with Crippen LogP contribution in [0.25, 0.3) is 0 Å². The first-order valence-electron chi connectivity index (χ1n) is 8.97. The molecule has 2 aromatic rings. The number of carbonyl (C=O) groups excluding carboxylic acids is 2. The van der Waals surface area contributed by atoms with Crippen molar-refractivity contribution in [2.24, 2.45) is 0 Å². The third-order valence-electron chi connectivity index (χ3n) is 5.39. The molecule has 2 heterocycles. The molecule has 0 saturated carbocycles. The second-order valence-electron chi connectivity index (χ2n) is 7.01. The predicted octanol–water partition coefficient (Wildman–Crippen LogP) is 2.79. The number of rotatable bonds is 3. The smallest absolute Gasteiger partial charge is 0.322 e. The third kappa shape index (κ3) is 3.38. The molecule has 3 atom stereocenters. The van der Waals surface area contributed by atoms with Gasteiger partial charge in [-0.2, -0.15) is 0 Å². The summed E-state index contributed by atoms with van der Waals surface area (Å²) < 4.78 is 14.0. The van der Waals surface area contributed by atoms with Gasteiger partial charge in [0.15, 0.2) is 0 Å². The van der Waals surface area contributed by atoms with Crippen LogP contribution >= 0.6 is 15.9 Å². The van der Waals surface area contributed by atoms with E-state index in [0.29, 0.717) is 12.2 Å². The molecule has 3 amide bonds. The second-order valence-corrected chi connectivity index (χ2v) is 7.93. The van der Waals surface area contributed by atoms with Gasteiger partial charge in [0.2, 0.25) is 5.91 Å². The number of hydrogen-bond donors (Lipinski definition) is 2. The fourth-order valence-electron chi connectivity index (χ4n) is 4.07. The average molecular weight is 448 g/mol. The van der Waals surface area contributed by atoms with Crippen molar-refractivity contribution in [3.8, 4) is 0 Å². The van der Waals surface area contributed by atoms with Gasteiger partial charge in [0.1, 0.15) is 12.4 Å². The zero-order valence-corrected chi connectivity index (χ0v) is 16.5. The molecular formula is C20H19BrFN3O3. The van der Waals surface area contributed by atoms with Gasteiger partial charge in [-0.05, 0) is 42.0 Å². The average Bonchev–Trinajstić information content (AvgIpc) is 2.66. The van der Waals surface area contributed by atoms with Crippen LogP contribution in [0.3, 0.4) is 0 Å². The van der Waals surface area contributed by atoms with Crippen molar-refractivity contribution in [1.82, 2.24) is 9.80 Å². The molecule has 2 aliphatic heterocycles.